The lowest BCUT2D eigenvalue weighted by atomic mass is 9.84. The number of halogens is 1. The van der Waals surface area contributed by atoms with E-state index in [0.717, 1.165) is 19.6 Å². The largest absolute Gasteiger partial charge is 0.335 e. The van der Waals surface area contributed by atoms with Crippen molar-refractivity contribution < 1.29 is 4.79 Å². The number of aryl methyl sites for hydroxylation is 2. The van der Waals surface area contributed by atoms with Gasteiger partial charge in [-0.3, -0.25) is 4.79 Å². The first-order valence-corrected chi connectivity index (χ1v) is 9.61. The zero-order chi connectivity index (χ0) is 17.1. The van der Waals surface area contributed by atoms with Gasteiger partial charge in [-0.25, -0.2) is 0 Å². The molecule has 1 amide bonds. The van der Waals surface area contributed by atoms with Crippen molar-refractivity contribution in [2.24, 2.45) is 11.8 Å². The normalized spacial score (nSPS) is 19.2. The highest BCUT2D eigenvalue weighted by Gasteiger charge is 2.34. The molecular formula is C21H33ClN2O. The van der Waals surface area contributed by atoms with Crippen molar-refractivity contribution in [3.05, 3.63) is 34.9 Å². The van der Waals surface area contributed by atoms with Crippen molar-refractivity contribution in [2.75, 3.05) is 13.1 Å². The van der Waals surface area contributed by atoms with Gasteiger partial charge in [0.2, 0.25) is 5.91 Å². The Morgan fingerprint density at radius 2 is 1.84 bits per heavy atom. The van der Waals surface area contributed by atoms with Gasteiger partial charge in [-0.05, 0) is 81.1 Å². The molecular weight excluding hydrogens is 332 g/mol. The van der Waals surface area contributed by atoms with E-state index in [4.69, 9.17) is 0 Å². The maximum absolute atomic E-state index is 12.9. The SMILES string of the molecule is Cc1ccc(CN(C(=O)CC(C)C2CCNCC2)C2CC2)cc1C.Cl. The molecule has 1 aliphatic carbocycles. The second kappa shape index (κ2) is 9.05. The van der Waals surface area contributed by atoms with Crippen LogP contribution in [0.15, 0.2) is 18.2 Å². The Balaban J connectivity index is 0.00000225. The molecule has 25 heavy (non-hydrogen) atoms. The Morgan fingerprint density at radius 3 is 2.44 bits per heavy atom. The average molecular weight is 365 g/mol. The quantitative estimate of drug-likeness (QED) is 0.818. The molecule has 1 atom stereocenters. The van der Waals surface area contributed by atoms with Gasteiger partial charge in [0.05, 0.1) is 0 Å². The maximum atomic E-state index is 12.9. The standard InChI is InChI=1S/C21H32N2O.ClH/c1-15-4-5-18(12-16(15)2)14-23(20-6-7-20)21(24)13-17(3)19-8-10-22-11-9-19;/h4-5,12,17,19-20,22H,6-11,13-14H2,1-3H3;1H. The van der Waals surface area contributed by atoms with Crippen LogP contribution in [0.2, 0.25) is 0 Å². The van der Waals surface area contributed by atoms with Gasteiger partial charge in [0.1, 0.15) is 0 Å². The number of nitrogens with zero attached hydrogens (tertiary/aromatic N) is 1. The van der Waals surface area contributed by atoms with Gasteiger partial charge < -0.3 is 10.2 Å². The summed E-state index contributed by atoms with van der Waals surface area (Å²) in [6.45, 7) is 9.57. The number of amides is 1. The summed E-state index contributed by atoms with van der Waals surface area (Å²) in [5.74, 6) is 1.57. The number of carbonyl (C=O) groups is 1. The monoisotopic (exact) mass is 364 g/mol. The minimum Gasteiger partial charge on any atom is -0.335 e. The predicted octanol–water partition coefficient (Wildman–Crippen LogP) is 4.24. The second-order valence-corrected chi connectivity index (χ2v) is 7.94. The highest BCUT2D eigenvalue weighted by atomic mass is 35.5. The Bertz CT molecular complexity index is 579. The summed E-state index contributed by atoms with van der Waals surface area (Å²) >= 11 is 0. The van der Waals surface area contributed by atoms with Crippen LogP contribution >= 0.6 is 12.4 Å². The summed E-state index contributed by atoms with van der Waals surface area (Å²) in [6.07, 6.45) is 5.51. The zero-order valence-corrected chi connectivity index (χ0v) is 16.7. The van der Waals surface area contributed by atoms with Crippen molar-refractivity contribution in [1.29, 1.82) is 0 Å². The van der Waals surface area contributed by atoms with Gasteiger partial charge in [-0.1, -0.05) is 25.1 Å². The van der Waals surface area contributed by atoms with Crippen LogP contribution in [-0.2, 0) is 11.3 Å². The molecule has 1 unspecified atom stereocenters. The number of hydrogen-bond acceptors (Lipinski definition) is 2. The van der Waals surface area contributed by atoms with Crippen LogP contribution < -0.4 is 5.32 Å². The Morgan fingerprint density at radius 1 is 1.16 bits per heavy atom. The summed E-state index contributed by atoms with van der Waals surface area (Å²) in [5.41, 5.74) is 3.91. The van der Waals surface area contributed by atoms with E-state index >= 15 is 0 Å². The lowest BCUT2D eigenvalue weighted by molar-refractivity contribution is -0.133. The van der Waals surface area contributed by atoms with Gasteiger partial charge in [0.15, 0.2) is 0 Å². The second-order valence-electron chi connectivity index (χ2n) is 7.94. The molecule has 1 heterocycles. The van der Waals surface area contributed by atoms with Crippen molar-refractivity contribution in [3.63, 3.8) is 0 Å². The van der Waals surface area contributed by atoms with Crippen LogP contribution in [0.1, 0.15) is 55.7 Å². The van der Waals surface area contributed by atoms with E-state index in [9.17, 15) is 4.79 Å². The Kier molecular flexibility index (Phi) is 7.33. The molecule has 0 aromatic heterocycles. The summed E-state index contributed by atoms with van der Waals surface area (Å²) in [5, 5.41) is 3.42. The van der Waals surface area contributed by atoms with Gasteiger partial charge in [-0.15, -0.1) is 12.4 Å². The third-order valence-electron chi connectivity index (χ3n) is 5.92. The number of carbonyl (C=O) groups excluding carboxylic acids is 1. The van der Waals surface area contributed by atoms with E-state index in [1.807, 2.05) is 0 Å². The summed E-state index contributed by atoms with van der Waals surface area (Å²) in [6, 6.07) is 7.09. The summed E-state index contributed by atoms with van der Waals surface area (Å²) in [4.78, 5) is 15.1. The molecule has 1 aromatic rings. The Hall–Kier alpha value is -1.06. The lowest BCUT2D eigenvalue weighted by Crippen LogP contribution is -2.36. The molecule has 1 saturated carbocycles. The van der Waals surface area contributed by atoms with Crippen molar-refractivity contribution >= 4 is 18.3 Å². The molecule has 4 heteroatoms. The molecule has 2 fully saturated rings. The minimum absolute atomic E-state index is 0. The fourth-order valence-electron chi connectivity index (χ4n) is 3.88. The highest BCUT2D eigenvalue weighted by Crippen LogP contribution is 2.31. The molecule has 1 saturated heterocycles. The van der Waals surface area contributed by atoms with E-state index in [2.05, 4.69) is 49.2 Å². The fraction of sp³-hybridized carbons (Fsp3) is 0.667. The molecule has 0 bridgehead atoms. The number of hydrogen-bond donors (Lipinski definition) is 1. The first-order valence-electron chi connectivity index (χ1n) is 9.61. The van der Waals surface area contributed by atoms with Gasteiger partial charge in [0, 0.05) is 19.0 Å². The molecule has 3 rings (SSSR count). The van der Waals surface area contributed by atoms with E-state index in [-0.39, 0.29) is 12.4 Å². The van der Waals surface area contributed by atoms with E-state index in [0.29, 0.717) is 30.2 Å². The first-order chi connectivity index (χ1) is 11.5. The predicted molar refractivity (Wildman–Crippen MR) is 106 cm³/mol. The fourth-order valence-corrected chi connectivity index (χ4v) is 3.88. The number of piperidine rings is 1. The van der Waals surface area contributed by atoms with Gasteiger partial charge >= 0.3 is 0 Å². The van der Waals surface area contributed by atoms with Crippen molar-refractivity contribution in [2.45, 2.75) is 65.5 Å². The van der Waals surface area contributed by atoms with Crippen molar-refractivity contribution in [3.8, 4) is 0 Å². The molecule has 1 aliphatic heterocycles. The zero-order valence-electron chi connectivity index (χ0n) is 15.9. The van der Waals surface area contributed by atoms with E-state index in [1.165, 1.54) is 42.4 Å². The first kappa shape index (κ1) is 20.3. The molecule has 2 aliphatic rings. The number of rotatable bonds is 6. The van der Waals surface area contributed by atoms with E-state index in [1.54, 1.807) is 0 Å². The number of benzene rings is 1. The van der Waals surface area contributed by atoms with Crippen LogP contribution in [0.4, 0.5) is 0 Å². The van der Waals surface area contributed by atoms with Crippen LogP contribution in [0.25, 0.3) is 0 Å². The molecule has 3 nitrogen and oxygen atoms in total. The minimum atomic E-state index is 0. The summed E-state index contributed by atoms with van der Waals surface area (Å²) in [7, 11) is 0. The molecule has 0 spiro atoms. The van der Waals surface area contributed by atoms with Crippen LogP contribution in [0.5, 0.6) is 0 Å². The molecule has 1 N–H and O–H groups in total. The third kappa shape index (κ3) is 5.46. The van der Waals surface area contributed by atoms with Gasteiger partial charge in [-0.2, -0.15) is 0 Å². The van der Waals surface area contributed by atoms with Crippen LogP contribution in [0.3, 0.4) is 0 Å². The van der Waals surface area contributed by atoms with E-state index < -0.39 is 0 Å². The topological polar surface area (TPSA) is 32.3 Å². The summed E-state index contributed by atoms with van der Waals surface area (Å²) < 4.78 is 0. The maximum Gasteiger partial charge on any atom is 0.223 e. The molecule has 1 aromatic carbocycles. The average Bonchev–Trinajstić information content (AvgIpc) is 3.41. The lowest BCUT2D eigenvalue weighted by Gasteiger charge is -2.30. The highest BCUT2D eigenvalue weighted by molar-refractivity contribution is 5.85. The van der Waals surface area contributed by atoms with Crippen molar-refractivity contribution in [1.82, 2.24) is 10.2 Å². The van der Waals surface area contributed by atoms with Crippen LogP contribution in [0, 0.1) is 25.7 Å². The van der Waals surface area contributed by atoms with Gasteiger partial charge in [0.25, 0.3) is 0 Å². The Labute approximate surface area is 159 Å². The third-order valence-corrected chi connectivity index (χ3v) is 5.92. The smallest absolute Gasteiger partial charge is 0.223 e. The van der Waals surface area contributed by atoms with Crippen LogP contribution in [-0.4, -0.2) is 29.9 Å². The molecule has 0 radical (unpaired) electrons. The molecule has 140 valence electrons. The number of nitrogens with one attached hydrogen (secondary N) is 1.